The van der Waals surface area contributed by atoms with E-state index < -0.39 is 0 Å². The number of nitrogens with one attached hydrogen (secondary N) is 1. The Balaban J connectivity index is 1.60. The monoisotopic (exact) mass is 446 g/mol. The highest BCUT2D eigenvalue weighted by atomic mass is 16.5. The summed E-state index contributed by atoms with van der Waals surface area (Å²) in [4.78, 5) is 19.8. The van der Waals surface area contributed by atoms with Crippen LogP contribution in [0.15, 0.2) is 24.3 Å². The molecule has 4 rings (SSSR count). The Hall–Kier alpha value is -3.40. The number of pyridine rings is 1. The van der Waals surface area contributed by atoms with E-state index in [0.29, 0.717) is 47.7 Å². The van der Waals surface area contributed by atoms with Crippen molar-refractivity contribution in [3.05, 3.63) is 52.3 Å². The largest absolute Gasteiger partial charge is 0.490 e. The summed E-state index contributed by atoms with van der Waals surface area (Å²) in [5, 5.41) is 17.6. The molecule has 0 bridgehead atoms. The van der Waals surface area contributed by atoms with Gasteiger partial charge in [0.25, 0.3) is 0 Å². The third-order valence-corrected chi connectivity index (χ3v) is 6.00. The number of aromatic nitrogens is 1. The molecule has 33 heavy (non-hydrogen) atoms. The third-order valence-electron chi connectivity index (χ3n) is 6.00. The zero-order chi connectivity index (χ0) is 23.8. The Bertz CT molecular complexity index is 1140. The van der Waals surface area contributed by atoms with Gasteiger partial charge in [0, 0.05) is 34.8 Å². The lowest BCUT2D eigenvalue weighted by Crippen LogP contribution is -2.30. The van der Waals surface area contributed by atoms with E-state index in [1.807, 2.05) is 45.9 Å². The number of ether oxygens (including phenoxy) is 2. The molecular weight excluding hydrogens is 416 g/mol. The number of nitriles is 1. The number of hydrogen-bond acceptors (Lipinski definition) is 6. The van der Waals surface area contributed by atoms with Crippen molar-refractivity contribution in [3.63, 3.8) is 0 Å². The molecule has 172 valence electrons. The molecule has 0 unspecified atom stereocenters. The van der Waals surface area contributed by atoms with Crippen molar-refractivity contribution >= 4 is 11.6 Å². The van der Waals surface area contributed by atoms with Crippen molar-refractivity contribution in [1.82, 2.24) is 9.88 Å². The number of Topliss-reactive ketones (excluding diaryl/α,β-unsaturated/α-hetero) is 1. The Morgan fingerprint density at radius 3 is 2.67 bits per heavy atom. The van der Waals surface area contributed by atoms with Gasteiger partial charge in [-0.25, -0.2) is 4.98 Å². The minimum Gasteiger partial charge on any atom is -0.490 e. The predicted octanol–water partition coefficient (Wildman–Crippen LogP) is 4.58. The summed E-state index contributed by atoms with van der Waals surface area (Å²) in [5.74, 6) is 1.68. The second-order valence-corrected chi connectivity index (χ2v) is 9.63. The number of ketones is 1. The number of carbonyl (C=O) groups excluding carboxylic acids is 1. The molecular formula is C26H30N4O3. The Labute approximate surface area is 194 Å². The fourth-order valence-electron chi connectivity index (χ4n) is 4.11. The van der Waals surface area contributed by atoms with Crippen LogP contribution in [-0.4, -0.2) is 41.3 Å². The van der Waals surface area contributed by atoms with Crippen LogP contribution in [0.1, 0.15) is 79.3 Å². The normalized spacial score (nSPS) is 15.2. The summed E-state index contributed by atoms with van der Waals surface area (Å²) >= 11 is 0. The maximum Gasteiger partial charge on any atom is 0.182 e. The van der Waals surface area contributed by atoms with Crippen molar-refractivity contribution in [2.24, 2.45) is 0 Å². The molecule has 7 nitrogen and oxygen atoms in total. The Morgan fingerprint density at radius 2 is 2.03 bits per heavy atom. The lowest BCUT2D eigenvalue weighted by Gasteiger charge is -2.25. The van der Waals surface area contributed by atoms with E-state index in [-0.39, 0.29) is 24.3 Å². The molecule has 0 saturated heterocycles. The highest BCUT2D eigenvalue weighted by Gasteiger charge is 2.32. The van der Waals surface area contributed by atoms with Gasteiger partial charge in [-0.1, -0.05) is 26.8 Å². The smallest absolute Gasteiger partial charge is 0.182 e. The Kier molecular flexibility index (Phi) is 6.11. The van der Waals surface area contributed by atoms with Crippen LogP contribution < -0.4 is 9.47 Å². The third kappa shape index (κ3) is 4.70. The summed E-state index contributed by atoms with van der Waals surface area (Å²) in [6.45, 7) is 8.85. The molecule has 1 N–H and O–H groups in total. The quantitative estimate of drug-likeness (QED) is 0.596. The van der Waals surface area contributed by atoms with E-state index in [1.54, 1.807) is 11.0 Å². The first-order chi connectivity index (χ1) is 15.7. The molecule has 1 saturated carbocycles. The molecule has 1 aromatic heterocycles. The van der Waals surface area contributed by atoms with Gasteiger partial charge in [0.2, 0.25) is 0 Å². The minimum atomic E-state index is -0.327. The first-order valence-electron chi connectivity index (χ1n) is 11.4. The van der Waals surface area contributed by atoms with Gasteiger partial charge in [0.05, 0.1) is 13.2 Å². The summed E-state index contributed by atoms with van der Waals surface area (Å²) < 4.78 is 11.5. The first kappa shape index (κ1) is 22.8. The maximum absolute atomic E-state index is 13.3. The topological polar surface area (TPSA) is 99.3 Å². The average Bonchev–Trinajstić information content (AvgIpc) is 3.57. The van der Waals surface area contributed by atoms with Crippen molar-refractivity contribution in [3.8, 4) is 17.6 Å². The summed E-state index contributed by atoms with van der Waals surface area (Å²) in [6, 6.07) is 9.61. The SMILES string of the molecule is CCOc1cc(C(=O)CN2Cc3ccc(C4CC4)nc3C2=N)cc(C(C)(C)C)c1OCC#N. The van der Waals surface area contributed by atoms with E-state index in [4.69, 9.17) is 25.1 Å². The molecule has 2 heterocycles. The minimum absolute atomic E-state index is 0.0848. The molecule has 1 aliphatic carbocycles. The van der Waals surface area contributed by atoms with E-state index >= 15 is 0 Å². The molecule has 0 amide bonds. The summed E-state index contributed by atoms with van der Waals surface area (Å²) in [5.41, 5.74) is 3.72. The van der Waals surface area contributed by atoms with E-state index in [2.05, 4.69) is 6.07 Å². The lowest BCUT2D eigenvalue weighted by atomic mass is 9.84. The number of nitrogens with zero attached hydrogens (tertiary/aromatic N) is 3. The molecule has 1 aromatic carbocycles. The van der Waals surface area contributed by atoms with Gasteiger partial charge in [-0.3, -0.25) is 10.2 Å². The molecule has 7 heteroatoms. The van der Waals surface area contributed by atoms with Crippen LogP contribution in [-0.2, 0) is 12.0 Å². The molecule has 0 spiro atoms. The van der Waals surface area contributed by atoms with Gasteiger partial charge >= 0.3 is 0 Å². The molecule has 0 radical (unpaired) electrons. The van der Waals surface area contributed by atoms with Gasteiger partial charge < -0.3 is 14.4 Å². The standard InChI is InChI=1S/C26H30N4O3/c1-5-32-22-13-18(12-19(26(2,3)4)24(22)33-11-10-27)21(31)15-30-14-17-8-9-20(16-6-7-16)29-23(17)25(30)28/h8-9,12-13,16,28H,5-7,11,14-15H2,1-4H3. The van der Waals surface area contributed by atoms with Gasteiger partial charge in [-0.05, 0) is 43.4 Å². The molecule has 1 aliphatic heterocycles. The zero-order valence-corrected chi connectivity index (χ0v) is 19.7. The van der Waals surface area contributed by atoms with Crippen LogP contribution in [0.5, 0.6) is 11.5 Å². The highest BCUT2D eigenvalue weighted by Crippen LogP contribution is 2.41. The van der Waals surface area contributed by atoms with E-state index in [9.17, 15) is 4.79 Å². The highest BCUT2D eigenvalue weighted by molar-refractivity contribution is 6.04. The van der Waals surface area contributed by atoms with Crippen LogP contribution in [0.3, 0.4) is 0 Å². The first-order valence-corrected chi connectivity index (χ1v) is 11.4. The summed E-state index contributed by atoms with van der Waals surface area (Å²) in [6.07, 6.45) is 2.32. The fourth-order valence-corrected chi connectivity index (χ4v) is 4.11. The molecule has 0 atom stereocenters. The van der Waals surface area contributed by atoms with Crippen LogP contribution in [0.4, 0.5) is 0 Å². The Morgan fingerprint density at radius 1 is 1.27 bits per heavy atom. The van der Waals surface area contributed by atoms with Crippen LogP contribution in [0.2, 0.25) is 0 Å². The summed E-state index contributed by atoms with van der Waals surface area (Å²) in [7, 11) is 0. The van der Waals surface area contributed by atoms with Gasteiger partial charge in [0.1, 0.15) is 17.6 Å². The lowest BCUT2D eigenvalue weighted by molar-refractivity contribution is 0.0962. The second-order valence-electron chi connectivity index (χ2n) is 9.63. The molecule has 1 fully saturated rings. The second kappa shape index (κ2) is 8.86. The average molecular weight is 447 g/mol. The number of benzene rings is 1. The van der Waals surface area contributed by atoms with Crippen molar-refractivity contribution in [2.75, 3.05) is 19.8 Å². The number of carbonyl (C=O) groups is 1. The van der Waals surface area contributed by atoms with E-state index in [1.165, 1.54) is 0 Å². The number of fused-ring (bicyclic) bond motifs is 1. The maximum atomic E-state index is 13.3. The number of hydrogen-bond donors (Lipinski definition) is 1. The number of rotatable bonds is 8. The van der Waals surface area contributed by atoms with Gasteiger partial charge in [0.15, 0.2) is 23.9 Å². The molecule has 2 aliphatic rings. The number of amidine groups is 1. The van der Waals surface area contributed by atoms with E-state index in [0.717, 1.165) is 29.7 Å². The van der Waals surface area contributed by atoms with Crippen molar-refractivity contribution in [1.29, 1.82) is 10.7 Å². The van der Waals surface area contributed by atoms with Crippen molar-refractivity contribution in [2.45, 2.75) is 58.4 Å². The molecule has 2 aromatic rings. The van der Waals surface area contributed by atoms with Crippen LogP contribution >= 0.6 is 0 Å². The van der Waals surface area contributed by atoms with Gasteiger partial charge in [-0.15, -0.1) is 0 Å². The predicted molar refractivity (Wildman–Crippen MR) is 125 cm³/mol. The van der Waals surface area contributed by atoms with Crippen LogP contribution in [0, 0.1) is 16.7 Å². The zero-order valence-electron chi connectivity index (χ0n) is 19.7. The van der Waals surface area contributed by atoms with Gasteiger partial charge in [-0.2, -0.15) is 5.26 Å². The van der Waals surface area contributed by atoms with Crippen LogP contribution in [0.25, 0.3) is 0 Å². The van der Waals surface area contributed by atoms with Crippen molar-refractivity contribution < 1.29 is 14.3 Å². The fraction of sp³-hybridized carbons (Fsp3) is 0.462.